The third kappa shape index (κ3) is 4.02. The molecule has 3 N–H and O–H groups in total. The van der Waals surface area contributed by atoms with Crippen LogP contribution in [0.4, 0.5) is 4.79 Å². The Bertz CT molecular complexity index is 1460. The normalized spacial score (nSPS) is 21.4. The zero-order valence-electron chi connectivity index (χ0n) is 19.8. The van der Waals surface area contributed by atoms with E-state index in [9.17, 15) is 14.8 Å². The Labute approximate surface area is 202 Å². The zero-order valence-corrected chi connectivity index (χ0v) is 19.8. The number of ether oxygens (including phenoxy) is 1. The molecule has 10 heteroatoms. The molecule has 178 valence electrons. The number of rotatable bonds is 3. The molecule has 4 aromatic rings. The van der Waals surface area contributed by atoms with Crippen LogP contribution < -0.4 is 5.46 Å². The number of hydrogen-bond donors (Lipinski definition) is 3. The number of carbonyl (C=O) groups is 1. The maximum Gasteiger partial charge on any atom is 0.488 e. The summed E-state index contributed by atoms with van der Waals surface area (Å²) in [5, 5.41) is 18.8. The summed E-state index contributed by atoms with van der Waals surface area (Å²) in [6, 6.07) is 11.0. The minimum atomic E-state index is -1.55. The summed E-state index contributed by atoms with van der Waals surface area (Å²) in [5.74, 6) is 1.28. The molecule has 1 unspecified atom stereocenters. The van der Waals surface area contributed by atoms with Gasteiger partial charge in [-0.15, -0.1) is 0 Å². The van der Waals surface area contributed by atoms with Crippen LogP contribution >= 0.6 is 0 Å². The number of imidazole rings is 1. The number of aromatic nitrogens is 4. The van der Waals surface area contributed by atoms with E-state index >= 15 is 0 Å². The monoisotopic (exact) mass is 471 g/mol. The van der Waals surface area contributed by atoms with Gasteiger partial charge in [0.15, 0.2) is 0 Å². The van der Waals surface area contributed by atoms with Crippen molar-refractivity contribution in [2.45, 2.75) is 51.3 Å². The van der Waals surface area contributed by atoms with Gasteiger partial charge in [-0.2, -0.15) is 0 Å². The molecule has 0 radical (unpaired) electrons. The van der Waals surface area contributed by atoms with E-state index in [-0.39, 0.29) is 18.2 Å². The lowest BCUT2D eigenvalue weighted by Crippen LogP contribution is -2.38. The van der Waals surface area contributed by atoms with Crippen molar-refractivity contribution in [3.05, 3.63) is 48.4 Å². The number of carbonyl (C=O) groups excluding carboxylic acids is 1. The standard InChI is InChI=1S/C25H26BN5O4/c1-25(2,3)35-24(32)31-21-9-14(21)10-22(31)23-29-17-6-4-13(8-19(17)30-23)20-12-27-18-11-15(26(33)34)5-7-16(18)28-20/h4-8,11-12,14,21-22,33-34H,9-10H2,1-3H3,(H,29,30)/t14-,21?,22+/m1/s1. The van der Waals surface area contributed by atoms with Crippen molar-refractivity contribution in [1.29, 1.82) is 0 Å². The van der Waals surface area contributed by atoms with Gasteiger partial charge in [0, 0.05) is 11.6 Å². The maximum atomic E-state index is 12.9. The van der Waals surface area contributed by atoms with Crippen LogP contribution in [0, 0.1) is 5.92 Å². The molecule has 2 fully saturated rings. The van der Waals surface area contributed by atoms with E-state index in [0.717, 1.165) is 35.3 Å². The lowest BCUT2D eigenvalue weighted by Gasteiger charge is -2.29. The van der Waals surface area contributed by atoms with Gasteiger partial charge in [-0.3, -0.25) is 9.88 Å². The van der Waals surface area contributed by atoms with Gasteiger partial charge in [0.25, 0.3) is 0 Å². The summed E-state index contributed by atoms with van der Waals surface area (Å²) in [6.07, 6.45) is 3.30. The van der Waals surface area contributed by atoms with Crippen LogP contribution in [0.3, 0.4) is 0 Å². The quantitative estimate of drug-likeness (QED) is 0.393. The Morgan fingerprint density at radius 2 is 1.89 bits per heavy atom. The first-order valence-corrected chi connectivity index (χ1v) is 11.8. The summed E-state index contributed by atoms with van der Waals surface area (Å²) in [6.45, 7) is 5.65. The van der Waals surface area contributed by atoms with Gasteiger partial charge in [0.2, 0.25) is 0 Å². The summed E-state index contributed by atoms with van der Waals surface area (Å²) in [5.41, 5.74) is 4.35. The molecule has 0 spiro atoms. The highest BCUT2D eigenvalue weighted by Gasteiger charge is 2.56. The molecule has 2 aromatic heterocycles. The number of hydrogen-bond acceptors (Lipinski definition) is 7. The highest BCUT2D eigenvalue weighted by Crippen LogP contribution is 2.53. The number of benzene rings is 2. The molecule has 6 rings (SSSR count). The summed E-state index contributed by atoms with van der Waals surface area (Å²) >= 11 is 0. The number of aromatic amines is 1. The number of likely N-dealkylation sites (tertiary alicyclic amines) is 1. The number of nitrogens with zero attached hydrogens (tertiary/aromatic N) is 4. The van der Waals surface area contributed by atoms with Crippen LogP contribution in [0.1, 0.15) is 45.5 Å². The average Bonchev–Trinajstić information content (AvgIpc) is 3.25. The average molecular weight is 471 g/mol. The van der Waals surface area contributed by atoms with Gasteiger partial charge in [0.05, 0.1) is 40.0 Å². The van der Waals surface area contributed by atoms with Crippen LogP contribution in [0.25, 0.3) is 33.3 Å². The molecule has 35 heavy (non-hydrogen) atoms. The lowest BCUT2D eigenvalue weighted by molar-refractivity contribution is 0.0175. The minimum Gasteiger partial charge on any atom is -0.444 e. The van der Waals surface area contributed by atoms with Crippen LogP contribution in [0.5, 0.6) is 0 Å². The first-order valence-electron chi connectivity index (χ1n) is 11.8. The van der Waals surface area contributed by atoms with Crippen molar-refractivity contribution in [3.63, 3.8) is 0 Å². The van der Waals surface area contributed by atoms with Gasteiger partial charge >= 0.3 is 13.2 Å². The fraction of sp³-hybridized carbons (Fsp3) is 0.360. The van der Waals surface area contributed by atoms with Crippen LogP contribution in [0.15, 0.2) is 42.6 Å². The highest BCUT2D eigenvalue weighted by molar-refractivity contribution is 6.58. The number of piperidine rings is 1. The lowest BCUT2D eigenvalue weighted by atomic mass is 9.80. The van der Waals surface area contributed by atoms with E-state index in [1.165, 1.54) is 0 Å². The SMILES string of the molecule is CC(C)(C)OC(=O)N1C2C[C@@H]2C[C@H]1c1nc2ccc(-c3cnc4cc(B(O)O)ccc4n3)cc2[nH]1. The Hall–Kier alpha value is -3.50. The molecular formula is C25H26BN5O4. The van der Waals surface area contributed by atoms with Crippen LogP contribution in [-0.4, -0.2) is 59.7 Å². The molecule has 1 saturated carbocycles. The molecule has 3 heterocycles. The largest absolute Gasteiger partial charge is 0.488 e. The number of nitrogens with one attached hydrogen (secondary N) is 1. The van der Waals surface area contributed by atoms with Crippen molar-refractivity contribution in [1.82, 2.24) is 24.8 Å². The third-order valence-electron chi connectivity index (χ3n) is 6.68. The van der Waals surface area contributed by atoms with Crippen molar-refractivity contribution in [2.24, 2.45) is 5.92 Å². The topological polar surface area (TPSA) is 124 Å². The minimum absolute atomic E-state index is 0.124. The fourth-order valence-corrected chi connectivity index (χ4v) is 4.95. The summed E-state index contributed by atoms with van der Waals surface area (Å²) < 4.78 is 5.68. The van der Waals surface area contributed by atoms with Gasteiger partial charge in [-0.25, -0.2) is 14.8 Å². The molecule has 0 bridgehead atoms. The Morgan fingerprint density at radius 3 is 2.66 bits per heavy atom. The van der Waals surface area contributed by atoms with Crippen molar-refractivity contribution in [2.75, 3.05) is 0 Å². The molecule has 2 aliphatic rings. The zero-order chi connectivity index (χ0) is 24.5. The molecule has 9 nitrogen and oxygen atoms in total. The van der Waals surface area contributed by atoms with Gasteiger partial charge in [-0.05, 0) is 69.3 Å². The van der Waals surface area contributed by atoms with E-state index in [1.54, 1.807) is 24.4 Å². The summed E-state index contributed by atoms with van der Waals surface area (Å²) in [4.78, 5) is 32.2. The number of H-pyrrole nitrogens is 1. The van der Waals surface area contributed by atoms with Gasteiger partial charge in [-0.1, -0.05) is 12.1 Å². The van der Waals surface area contributed by atoms with Crippen molar-refractivity contribution < 1.29 is 19.6 Å². The molecule has 3 atom stereocenters. The molecule has 2 aromatic carbocycles. The molecule has 1 aliphatic heterocycles. The number of fused-ring (bicyclic) bond motifs is 3. The molecule has 1 amide bonds. The maximum absolute atomic E-state index is 12.9. The van der Waals surface area contributed by atoms with Gasteiger partial charge in [0.1, 0.15) is 11.4 Å². The Morgan fingerprint density at radius 1 is 1.09 bits per heavy atom. The number of amides is 1. The second kappa shape index (κ2) is 7.76. The molecular weight excluding hydrogens is 445 g/mol. The predicted octanol–water partition coefficient (Wildman–Crippen LogP) is 2.92. The third-order valence-corrected chi connectivity index (χ3v) is 6.68. The van der Waals surface area contributed by atoms with E-state index in [0.29, 0.717) is 28.1 Å². The van der Waals surface area contributed by atoms with E-state index in [1.807, 2.05) is 43.9 Å². The Balaban J connectivity index is 1.30. The van der Waals surface area contributed by atoms with Crippen LogP contribution in [-0.2, 0) is 4.74 Å². The van der Waals surface area contributed by atoms with Crippen molar-refractivity contribution >= 4 is 40.7 Å². The fourth-order valence-electron chi connectivity index (χ4n) is 4.95. The van der Waals surface area contributed by atoms with E-state index in [4.69, 9.17) is 14.7 Å². The van der Waals surface area contributed by atoms with E-state index < -0.39 is 12.7 Å². The molecule has 1 aliphatic carbocycles. The van der Waals surface area contributed by atoms with Crippen LogP contribution in [0.2, 0.25) is 0 Å². The van der Waals surface area contributed by atoms with E-state index in [2.05, 4.69) is 9.97 Å². The Kier molecular flexibility index (Phi) is 4.88. The summed E-state index contributed by atoms with van der Waals surface area (Å²) in [7, 11) is -1.55. The predicted molar refractivity (Wildman–Crippen MR) is 132 cm³/mol. The van der Waals surface area contributed by atoms with Gasteiger partial charge < -0.3 is 19.8 Å². The molecule has 1 saturated heterocycles. The van der Waals surface area contributed by atoms with Crippen molar-refractivity contribution in [3.8, 4) is 11.3 Å². The first-order chi connectivity index (χ1) is 16.7. The smallest absolute Gasteiger partial charge is 0.444 e. The second-order valence-electron chi connectivity index (χ2n) is 10.4. The second-order valence-corrected chi connectivity index (χ2v) is 10.4. The highest BCUT2D eigenvalue weighted by atomic mass is 16.6. The first kappa shape index (κ1) is 22.0.